The summed E-state index contributed by atoms with van der Waals surface area (Å²) in [6.45, 7) is 4.36. The van der Waals surface area contributed by atoms with E-state index in [0.29, 0.717) is 6.61 Å². The highest BCUT2D eigenvalue weighted by atomic mass is 16.5. The first kappa shape index (κ1) is 10.9. The molecule has 1 unspecified atom stereocenters. The molecule has 0 aliphatic heterocycles. The van der Waals surface area contributed by atoms with Gasteiger partial charge in [0, 0.05) is 11.6 Å². The summed E-state index contributed by atoms with van der Waals surface area (Å²) < 4.78 is 5.49. The van der Waals surface area contributed by atoms with Crippen molar-refractivity contribution < 1.29 is 9.84 Å². The van der Waals surface area contributed by atoms with Crippen molar-refractivity contribution in [1.29, 1.82) is 0 Å². The first-order chi connectivity index (χ1) is 6.61. The monoisotopic (exact) mass is 195 g/mol. The molecule has 0 aliphatic rings. The first-order valence-corrected chi connectivity index (χ1v) is 4.78. The molecule has 14 heavy (non-hydrogen) atoms. The van der Waals surface area contributed by atoms with Crippen LogP contribution in [0, 0.1) is 6.92 Å². The minimum atomic E-state index is 0.146. The highest BCUT2D eigenvalue weighted by molar-refractivity contribution is 5.42. The lowest BCUT2D eigenvalue weighted by Crippen LogP contribution is -2.18. The average Bonchev–Trinajstić information content (AvgIpc) is 2.12. The summed E-state index contributed by atoms with van der Waals surface area (Å²) in [6, 6.07) is 5.40. The minimum Gasteiger partial charge on any atom is -0.508 e. The lowest BCUT2D eigenvalue weighted by atomic mass is 10.2. The van der Waals surface area contributed by atoms with Crippen LogP contribution in [0.25, 0.3) is 0 Å². The predicted octanol–water partition coefficient (Wildman–Crippen LogP) is 1.82. The van der Waals surface area contributed by atoms with Gasteiger partial charge in [-0.2, -0.15) is 0 Å². The molecule has 0 aliphatic carbocycles. The molecule has 0 bridgehead atoms. The third-order valence-corrected chi connectivity index (χ3v) is 2.09. The third-order valence-electron chi connectivity index (χ3n) is 2.09. The van der Waals surface area contributed by atoms with Crippen LogP contribution in [-0.2, 0) is 0 Å². The Morgan fingerprint density at radius 2 is 2.21 bits per heavy atom. The van der Waals surface area contributed by atoms with Gasteiger partial charge in [0.05, 0.1) is 6.61 Å². The van der Waals surface area contributed by atoms with Crippen LogP contribution in [-0.4, -0.2) is 17.8 Å². The molecule has 1 atom stereocenters. The Balaban J connectivity index is 2.54. The van der Waals surface area contributed by atoms with Gasteiger partial charge in [-0.15, -0.1) is 0 Å². The molecule has 1 aromatic rings. The number of nitrogens with two attached hydrogens (primary N) is 1. The van der Waals surface area contributed by atoms with Gasteiger partial charge in [0.2, 0.25) is 0 Å². The molecule has 0 saturated heterocycles. The zero-order valence-corrected chi connectivity index (χ0v) is 8.66. The average molecular weight is 195 g/mol. The van der Waals surface area contributed by atoms with Crippen molar-refractivity contribution in [3.63, 3.8) is 0 Å². The Kier molecular flexibility index (Phi) is 3.77. The zero-order chi connectivity index (χ0) is 10.6. The first-order valence-electron chi connectivity index (χ1n) is 4.78. The molecule has 0 radical (unpaired) electrons. The van der Waals surface area contributed by atoms with E-state index in [4.69, 9.17) is 10.5 Å². The van der Waals surface area contributed by atoms with Crippen molar-refractivity contribution in [2.75, 3.05) is 6.61 Å². The normalized spacial score (nSPS) is 12.5. The third kappa shape index (κ3) is 2.92. The Bertz CT molecular complexity index is 297. The molecule has 1 rings (SSSR count). The quantitative estimate of drug-likeness (QED) is 0.770. The summed E-state index contributed by atoms with van der Waals surface area (Å²) in [5.41, 5.74) is 6.37. The second-order valence-electron chi connectivity index (χ2n) is 3.51. The van der Waals surface area contributed by atoms with Crippen molar-refractivity contribution >= 4 is 0 Å². The molecule has 0 amide bonds. The van der Waals surface area contributed by atoms with Gasteiger partial charge >= 0.3 is 0 Å². The van der Waals surface area contributed by atoms with Gasteiger partial charge in [-0.1, -0.05) is 6.07 Å². The van der Waals surface area contributed by atoms with Gasteiger partial charge in [0.15, 0.2) is 0 Å². The van der Waals surface area contributed by atoms with Crippen LogP contribution >= 0.6 is 0 Å². The lowest BCUT2D eigenvalue weighted by molar-refractivity contribution is 0.297. The van der Waals surface area contributed by atoms with E-state index in [0.717, 1.165) is 17.7 Å². The standard InChI is InChI=1S/C11H17NO2/c1-8(12)6-7-14-11-5-3-4-10(13)9(11)2/h3-5,8,13H,6-7,12H2,1-2H3. The highest BCUT2D eigenvalue weighted by Crippen LogP contribution is 2.25. The van der Waals surface area contributed by atoms with Crippen LogP contribution in [0.2, 0.25) is 0 Å². The molecule has 78 valence electrons. The van der Waals surface area contributed by atoms with E-state index in [1.165, 1.54) is 0 Å². The fourth-order valence-corrected chi connectivity index (χ4v) is 1.11. The summed E-state index contributed by atoms with van der Waals surface area (Å²) in [5.74, 6) is 0.994. The maximum absolute atomic E-state index is 9.40. The van der Waals surface area contributed by atoms with Crippen molar-refractivity contribution in [2.24, 2.45) is 5.73 Å². The van der Waals surface area contributed by atoms with Gasteiger partial charge < -0.3 is 15.6 Å². The van der Waals surface area contributed by atoms with E-state index in [1.54, 1.807) is 12.1 Å². The largest absolute Gasteiger partial charge is 0.508 e. The molecule has 3 heteroatoms. The molecule has 3 N–H and O–H groups in total. The molecule has 3 nitrogen and oxygen atoms in total. The molecular formula is C11H17NO2. The van der Waals surface area contributed by atoms with Gasteiger partial charge in [0.25, 0.3) is 0 Å². The van der Waals surface area contributed by atoms with Gasteiger partial charge in [-0.05, 0) is 32.4 Å². The van der Waals surface area contributed by atoms with Crippen LogP contribution < -0.4 is 10.5 Å². The lowest BCUT2D eigenvalue weighted by Gasteiger charge is -2.10. The second-order valence-corrected chi connectivity index (χ2v) is 3.51. The fourth-order valence-electron chi connectivity index (χ4n) is 1.11. The molecular weight excluding hydrogens is 178 g/mol. The van der Waals surface area contributed by atoms with Gasteiger partial charge in [0.1, 0.15) is 11.5 Å². The van der Waals surface area contributed by atoms with Crippen LogP contribution in [0.5, 0.6) is 11.5 Å². The van der Waals surface area contributed by atoms with E-state index in [1.807, 2.05) is 19.9 Å². The summed E-state index contributed by atoms with van der Waals surface area (Å²) in [6.07, 6.45) is 0.815. The van der Waals surface area contributed by atoms with Crippen molar-refractivity contribution in [1.82, 2.24) is 0 Å². The molecule has 0 heterocycles. The van der Waals surface area contributed by atoms with E-state index in [2.05, 4.69) is 0 Å². The Hall–Kier alpha value is -1.22. The van der Waals surface area contributed by atoms with Crippen LogP contribution in [0.1, 0.15) is 18.9 Å². The number of hydrogen-bond acceptors (Lipinski definition) is 3. The smallest absolute Gasteiger partial charge is 0.125 e. The Morgan fingerprint density at radius 3 is 2.86 bits per heavy atom. The predicted molar refractivity (Wildman–Crippen MR) is 56.6 cm³/mol. The van der Waals surface area contributed by atoms with Crippen LogP contribution in [0.3, 0.4) is 0 Å². The number of phenols is 1. The number of aromatic hydroxyl groups is 1. The van der Waals surface area contributed by atoms with Crippen molar-refractivity contribution in [3.8, 4) is 11.5 Å². The molecule has 0 saturated carbocycles. The van der Waals surface area contributed by atoms with E-state index >= 15 is 0 Å². The van der Waals surface area contributed by atoms with Gasteiger partial charge in [-0.25, -0.2) is 0 Å². The van der Waals surface area contributed by atoms with Crippen LogP contribution in [0.4, 0.5) is 0 Å². The van der Waals surface area contributed by atoms with Gasteiger partial charge in [-0.3, -0.25) is 0 Å². The zero-order valence-electron chi connectivity index (χ0n) is 8.66. The molecule has 1 aromatic carbocycles. The number of hydrogen-bond donors (Lipinski definition) is 2. The summed E-state index contributed by atoms with van der Waals surface area (Å²) in [4.78, 5) is 0. The number of benzene rings is 1. The fraction of sp³-hybridized carbons (Fsp3) is 0.455. The number of rotatable bonds is 4. The molecule has 0 spiro atoms. The summed E-state index contributed by atoms with van der Waals surface area (Å²) in [5, 5.41) is 9.40. The Morgan fingerprint density at radius 1 is 1.50 bits per heavy atom. The van der Waals surface area contributed by atoms with Crippen molar-refractivity contribution in [2.45, 2.75) is 26.3 Å². The Labute approximate surface area is 84.5 Å². The maximum atomic E-state index is 9.40. The molecule has 0 aromatic heterocycles. The van der Waals surface area contributed by atoms with Crippen molar-refractivity contribution in [3.05, 3.63) is 23.8 Å². The van der Waals surface area contributed by atoms with Crippen LogP contribution in [0.15, 0.2) is 18.2 Å². The minimum absolute atomic E-state index is 0.146. The number of ether oxygens (including phenoxy) is 1. The topological polar surface area (TPSA) is 55.5 Å². The maximum Gasteiger partial charge on any atom is 0.125 e. The molecule has 0 fully saturated rings. The van der Waals surface area contributed by atoms with E-state index < -0.39 is 0 Å². The summed E-state index contributed by atoms with van der Waals surface area (Å²) in [7, 11) is 0. The van der Waals surface area contributed by atoms with E-state index in [-0.39, 0.29) is 11.8 Å². The highest BCUT2D eigenvalue weighted by Gasteiger charge is 2.03. The van der Waals surface area contributed by atoms with E-state index in [9.17, 15) is 5.11 Å². The SMILES string of the molecule is Cc1c(O)cccc1OCCC(C)N. The summed E-state index contributed by atoms with van der Waals surface area (Å²) >= 11 is 0. The second kappa shape index (κ2) is 4.86. The number of phenolic OH excluding ortho intramolecular Hbond substituents is 1.